The van der Waals surface area contributed by atoms with E-state index in [-0.39, 0.29) is 0 Å². The summed E-state index contributed by atoms with van der Waals surface area (Å²) in [6, 6.07) is 0. The van der Waals surface area contributed by atoms with Crippen LogP contribution in [0.2, 0.25) is 0 Å². The lowest BCUT2D eigenvalue weighted by Gasteiger charge is -1.77. The van der Waals surface area contributed by atoms with Gasteiger partial charge in [-0.3, -0.25) is 0 Å². The number of hydrogen-bond acceptors (Lipinski definition) is 0. The summed E-state index contributed by atoms with van der Waals surface area (Å²) in [7, 11) is 0. The molecule has 0 saturated heterocycles. The average molecular weight is 125 g/mol. The largest absolute Gasteiger partial charge is 0.251 e. The van der Waals surface area contributed by atoms with E-state index >= 15 is 0 Å². The van der Waals surface area contributed by atoms with Crippen LogP contribution in [-0.2, 0) is 12.8 Å². The first-order valence-electron chi connectivity index (χ1n) is 3.45. The molecule has 0 aliphatic rings. The zero-order chi connectivity index (χ0) is 6.69. The number of H-pyrrole nitrogens is 2. The Hall–Kier alpha value is -0.790. The minimum absolute atomic E-state index is 1.06. The fourth-order valence-electron chi connectivity index (χ4n) is 0.821. The summed E-state index contributed by atoms with van der Waals surface area (Å²) in [6.07, 6.45) is 4.16. The fraction of sp³-hybridized carbons (Fsp3) is 0.571. The van der Waals surface area contributed by atoms with Crippen LogP contribution in [0.1, 0.15) is 25.4 Å². The third-order valence-electron chi connectivity index (χ3n) is 1.47. The Morgan fingerprint density at radius 1 is 1.44 bits per heavy atom. The highest BCUT2D eigenvalue weighted by Crippen LogP contribution is 1.92. The van der Waals surface area contributed by atoms with E-state index < -0.39 is 0 Å². The smallest absolute Gasteiger partial charge is 0.247 e. The molecule has 0 fully saturated rings. The maximum absolute atomic E-state index is 3.26. The normalized spacial score (nSPS) is 10.0. The minimum atomic E-state index is 1.06. The molecule has 9 heavy (non-hydrogen) atoms. The van der Waals surface area contributed by atoms with Crippen molar-refractivity contribution in [3.8, 4) is 0 Å². The molecule has 0 spiro atoms. The van der Waals surface area contributed by atoms with E-state index in [0.29, 0.717) is 0 Å². The maximum Gasteiger partial charge on any atom is 0.251 e. The number of hydrogen-bond donors (Lipinski definition) is 1. The van der Waals surface area contributed by atoms with Gasteiger partial charge in [-0.25, -0.2) is 9.97 Å². The van der Waals surface area contributed by atoms with Gasteiger partial charge in [-0.1, -0.05) is 13.8 Å². The third kappa shape index (κ3) is 1.31. The number of rotatable bonds is 2. The molecule has 0 atom stereocenters. The standard InChI is InChI=1S/C7H12N2/c1-3-6-5-8-7(4-2)9-6/h5H,3-4H2,1-2H3,(H,8,9)/p+1. The second-order valence-electron chi connectivity index (χ2n) is 2.12. The molecule has 0 bridgehead atoms. The molecule has 0 radical (unpaired) electrons. The summed E-state index contributed by atoms with van der Waals surface area (Å²) in [4.78, 5) is 6.41. The minimum Gasteiger partial charge on any atom is -0.247 e. The van der Waals surface area contributed by atoms with Crippen LogP contribution < -0.4 is 4.98 Å². The van der Waals surface area contributed by atoms with Crippen LogP contribution in [-0.4, -0.2) is 4.98 Å². The molecule has 50 valence electrons. The first kappa shape index (κ1) is 6.33. The van der Waals surface area contributed by atoms with Crippen LogP contribution in [0.5, 0.6) is 0 Å². The Kier molecular flexibility index (Phi) is 1.88. The molecule has 2 heteroatoms. The maximum atomic E-state index is 3.26. The summed E-state index contributed by atoms with van der Waals surface area (Å²) in [6.45, 7) is 4.26. The van der Waals surface area contributed by atoms with Crippen LogP contribution in [0.25, 0.3) is 0 Å². The molecule has 0 saturated carbocycles. The van der Waals surface area contributed by atoms with Crippen LogP contribution >= 0.6 is 0 Å². The van der Waals surface area contributed by atoms with Crippen LogP contribution in [0.4, 0.5) is 0 Å². The first-order chi connectivity index (χ1) is 4.36. The summed E-state index contributed by atoms with van der Waals surface area (Å²) >= 11 is 0. The van der Waals surface area contributed by atoms with Crippen molar-refractivity contribution in [1.29, 1.82) is 0 Å². The van der Waals surface area contributed by atoms with Crippen molar-refractivity contribution in [2.75, 3.05) is 0 Å². The summed E-state index contributed by atoms with van der Waals surface area (Å²) in [5, 5.41) is 0. The second-order valence-corrected chi connectivity index (χ2v) is 2.12. The van der Waals surface area contributed by atoms with Gasteiger partial charge in [-0.15, -0.1) is 0 Å². The molecule has 0 aliphatic heterocycles. The van der Waals surface area contributed by atoms with Crippen molar-refractivity contribution in [2.24, 2.45) is 0 Å². The number of aromatic amines is 2. The highest BCUT2D eigenvalue weighted by molar-refractivity contribution is 4.92. The van der Waals surface area contributed by atoms with Crippen molar-refractivity contribution in [3.05, 3.63) is 17.7 Å². The molecular weight excluding hydrogens is 112 g/mol. The van der Waals surface area contributed by atoms with Gasteiger partial charge in [-0.05, 0) is 0 Å². The molecule has 2 N–H and O–H groups in total. The lowest BCUT2D eigenvalue weighted by atomic mass is 10.4. The van der Waals surface area contributed by atoms with Gasteiger partial charge in [0.25, 0.3) is 5.82 Å². The summed E-state index contributed by atoms with van der Waals surface area (Å²) < 4.78 is 0. The molecular formula is C7H13N2+. The van der Waals surface area contributed by atoms with E-state index in [4.69, 9.17) is 0 Å². The fourth-order valence-corrected chi connectivity index (χ4v) is 0.821. The van der Waals surface area contributed by atoms with Gasteiger partial charge in [0.2, 0.25) is 0 Å². The van der Waals surface area contributed by atoms with Crippen LogP contribution in [0.3, 0.4) is 0 Å². The van der Waals surface area contributed by atoms with Gasteiger partial charge in [-0.2, -0.15) is 0 Å². The highest BCUT2D eigenvalue weighted by atomic mass is 14.9. The SMILES string of the molecule is CCc1c[nH+]c(CC)[nH]1. The van der Waals surface area contributed by atoms with E-state index in [9.17, 15) is 0 Å². The van der Waals surface area contributed by atoms with Gasteiger partial charge in [0.1, 0.15) is 11.9 Å². The van der Waals surface area contributed by atoms with Crippen molar-refractivity contribution in [1.82, 2.24) is 4.98 Å². The summed E-state index contributed by atoms with van der Waals surface area (Å²) in [5.74, 6) is 1.21. The Bertz CT molecular complexity index is 160. The summed E-state index contributed by atoms with van der Waals surface area (Å²) in [5.41, 5.74) is 1.28. The van der Waals surface area contributed by atoms with Gasteiger partial charge < -0.3 is 0 Å². The molecule has 0 amide bonds. The number of aromatic nitrogens is 2. The first-order valence-corrected chi connectivity index (χ1v) is 3.45. The van der Waals surface area contributed by atoms with Crippen molar-refractivity contribution >= 4 is 0 Å². The van der Waals surface area contributed by atoms with E-state index in [1.807, 2.05) is 6.20 Å². The monoisotopic (exact) mass is 125 g/mol. The molecule has 1 aromatic heterocycles. The zero-order valence-corrected chi connectivity index (χ0v) is 5.99. The van der Waals surface area contributed by atoms with Gasteiger partial charge >= 0.3 is 0 Å². The van der Waals surface area contributed by atoms with E-state index in [0.717, 1.165) is 12.8 Å². The predicted octanol–water partition coefficient (Wildman–Crippen LogP) is 0.954. The number of aryl methyl sites for hydroxylation is 2. The van der Waals surface area contributed by atoms with Gasteiger partial charge in [0.15, 0.2) is 0 Å². The van der Waals surface area contributed by atoms with E-state index in [1.165, 1.54) is 11.5 Å². The van der Waals surface area contributed by atoms with Gasteiger partial charge in [0.05, 0.1) is 0 Å². The predicted molar refractivity (Wildman–Crippen MR) is 36.1 cm³/mol. The molecule has 1 aromatic rings. The lowest BCUT2D eigenvalue weighted by Crippen LogP contribution is -2.02. The molecule has 0 unspecified atom stereocenters. The van der Waals surface area contributed by atoms with E-state index in [1.54, 1.807) is 0 Å². The van der Waals surface area contributed by atoms with E-state index in [2.05, 4.69) is 23.8 Å². The second kappa shape index (κ2) is 2.67. The molecule has 0 aliphatic carbocycles. The van der Waals surface area contributed by atoms with Crippen LogP contribution in [0.15, 0.2) is 6.20 Å². The number of nitrogens with one attached hydrogen (secondary N) is 2. The Balaban J connectivity index is 2.74. The Labute approximate surface area is 55.3 Å². The van der Waals surface area contributed by atoms with Gasteiger partial charge in [0, 0.05) is 12.8 Å². The quantitative estimate of drug-likeness (QED) is 0.610. The molecule has 2 nitrogen and oxygen atoms in total. The topological polar surface area (TPSA) is 29.9 Å². The zero-order valence-electron chi connectivity index (χ0n) is 5.99. The number of imidazole rings is 1. The highest BCUT2D eigenvalue weighted by Gasteiger charge is 2.01. The molecule has 1 rings (SSSR count). The third-order valence-corrected chi connectivity index (χ3v) is 1.47. The Morgan fingerprint density at radius 2 is 2.22 bits per heavy atom. The van der Waals surface area contributed by atoms with Crippen LogP contribution in [0, 0.1) is 0 Å². The van der Waals surface area contributed by atoms with Crippen molar-refractivity contribution in [3.63, 3.8) is 0 Å². The van der Waals surface area contributed by atoms with Crippen molar-refractivity contribution in [2.45, 2.75) is 26.7 Å². The average Bonchev–Trinajstić information content (AvgIpc) is 2.34. The molecule has 0 aromatic carbocycles. The Morgan fingerprint density at radius 3 is 2.56 bits per heavy atom. The molecule has 1 heterocycles. The van der Waals surface area contributed by atoms with Crippen molar-refractivity contribution < 1.29 is 4.98 Å². The lowest BCUT2D eigenvalue weighted by molar-refractivity contribution is -0.388.